The molecule has 0 saturated heterocycles. The maximum absolute atomic E-state index is 13.2. The number of nitrogens with zero attached hydrogens (tertiary/aromatic N) is 4. The number of aromatic nitrogens is 4. The summed E-state index contributed by atoms with van der Waals surface area (Å²) in [6, 6.07) is 7.31. The molecule has 3 rings (SSSR count). The predicted octanol–water partition coefficient (Wildman–Crippen LogP) is 2.65. The lowest BCUT2D eigenvalue weighted by atomic mass is 10.1. The maximum Gasteiger partial charge on any atom is 0.332 e. The number of hydrogen-bond donors (Lipinski definition) is 1. The Balaban J connectivity index is 2.33. The number of hydrogen-bond acceptors (Lipinski definition) is 4. The number of aliphatic hydroxyl groups is 1. The van der Waals surface area contributed by atoms with Crippen molar-refractivity contribution in [3.63, 3.8) is 0 Å². The van der Waals surface area contributed by atoms with Crippen LogP contribution in [0.1, 0.15) is 26.7 Å². The summed E-state index contributed by atoms with van der Waals surface area (Å²) in [6.07, 6.45) is 1.19. The van der Waals surface area contributed by atoms with E-state index >= 15 is 0 Å². The van der Waals surface area contributed by atoms with Crippen LogP contribution in [0.4, 0.5) is 0 Å². The zero-order valence-electron chi connectivity index (χ0n) is 16.4. The lowest BCUT2D eigenvalue weighted by Gasteiger charge is -2.12. The van der Waals surface area contributed by atoms with Crippen LogP contribution in [0.2, 0.25) is 5.02 Å². The highest BCUT2D eigenvalue weighted by molar-refractivity contribution is 6.30. The molecular weight excluding hydrogens is 380 g/mol. The van der Waals surface area contributed by atoms with E-state index in [2.05, 4.69) is 18.8 Å². The Hall–Kier alpha value is -2.38. The number of benzene rings is 1. The second-order valence-electron chi connectivity index (χ2n) is 7.33. The Morgan fingerprint density at radius 3 is 2.57 bits per heavy atom. The molecule has 0 atom stereocenters. The first-order chi connectivity index (χ1) is 13.3. The molecule has 8 heteroatoms. The number of imidazole rings is 1. The standard InChI is InChI=1S/C20H25ClN4O3/c1-13(2)8-10-24-16-18(22-17(24)14-6-4-7-15(21)12-14)23(3)20(28)25(19(16)27)9-5-11-26/h4,6-7,12-13,26H,5,8-11H2,1-3H3. The Kier molecular flexibility index (Phi) is 6.05. The number of fused-ring (bicyclic) bond motifs is 1. The first kappa shape index (κ1) is 20.4. The molecule has 0 unspecified atom stereocenters. The lowest BCUT2D eigenvalue weighted by Crippen LogP contribution is -2.39. The molecule has 0 radical (unpaired) electrons. The fourth-order valence-corrected chi connectivity index (χ4v) is 3.44. The molecule has 28 heavy (non-hydrogen) atoms. The number of aliphatic hydroxyl groups excluding tert-OH is 1. The van der Waals surface area contributed by atoms with Crippen molar-refractivity contribution in [1.29, 1.82) is 0 Å². The van der Waals surface area contributed by atoms with Gasteiger partial charge in [-0.1, -0.05) is 37.6 Å². The van der Waals surface area contributed by atoms with Gasteiger partial charge in [0.2, 0.25) is 0 Å². The largest absolute Gasteiger partial charge is 0.396 e. The molecule has 0 aliphatic carbocycles. The van der Waals surface area contributed by atoms with E-state index in [4.69, 9.17) is 16.7 Å². The van der Waals surface area contributed by atoms with E-state index in [1.54, 1.807) is 19.2 Å². The van der Waals surface area contributed by atoms with Crippen molar-refractivity contribution in [1.82, 2.24) is 18.7 Å². The average molecular weight is 405 g/mol. The summed E-state index contributed by atoms with van der Waals surface area (Å²) in [4.78, 5) is 30.5. The van der Waals surface area contributed by atoms with E-state index in [0.717, 1.165) is 12.0 Å². The molecule has 150 valence electrons. The molecule has 0 fully saturated rings. The van der Waals surface area contributed by atoms with Crippen LogP contribution in [0.5, 0.6) is 0 Å². The molecule has 2 heterocycles. The lowest BCUT2D eigenvalue weighted by molar-refractivity contribution is 0.277. The van der Waals surface area contributed by atoms with E-state index in [1.165, 1.54) is 9.13 Å². The van der Waals surface area contributed by atoms with Crippen molar-refractivity contribution >= 4 is 22.8 Å². The summed E-state index contributed by atoms with van der Waals surface area (Å²) in [6.45, 7) is 4.91. The third-order valence-corrected chi connectivity index (χ3v) is 5.02. The summed E-state index contributed by atoms with van der Waals surface area (Å²) in [5.74, 6) is 1.05. The van der Waals surface area contributed by atoms with Crippen LogP contribution in [0.15, 0.2) is 33.9 Å². The molecule has 0 saturated carbocycles. The van der Waals surface area contributed by atoms with Gasteiger partial charge in [-0.25, -0.2) is 9.78 Å². The van der Waals surface area contributed by atoms with Crippen molar-refractivity contribution in [3.05, 3.63) is 50.1 Å². The van der Waals surface area contributed by atoms with Crippen LogP contribution in [0.25, 0.3) is 22.6 Å². The minimum atomic E-state index is -0.433. The van der Waals surface area contributed by atoms with Crippen LogP contribution in [-0.4, -0.2) is 30.4 Å². The predicted molar refractivity (Wildman–Crippen MR) is 111 cm³/mol. The molecule has 2 aromatic heterocycles. The van der Waals surface area contributed by atoms with Crippen molar-refractivity contribution in [3.8, 4) is 11.4 Å². The van der Waals surface area contributed by atoms with Crippen LogP contribution < -0.4 is 11.2 Å². The van der Waals surface area contributed by atoms with Gasteiger partial charge in [0.05, 0.1) is 0 Å². The van der Waals surface area contributed by atoms with Gasteiger partial charge in [0, 0.05) is 37.3 Å². The van der Waals surface area contributed by atoms with Crippen molar-refractivity contribution in [2.45, 2.75) is 39.8 Å². The average Bonchev–Trinajstić information content (AvgIpc) is 3.04. The first-order valence-corrected chi connectivity index (χ1v) is 9.79. The van der Waals surface area contributed by atoms with Gasteiger partial charge >= 0.3 is 5.69 Å². The molecule has 0 bridgehead atoms. The summed E-state index contributed by atoms with van der Waals surface area (Å²) in [7, 11) is 1.61. The van der Waals surface area contributed by atoms with Crippen molar-refractivity contribution in [2.75, 3.05) is 6.61 Å². The Labute approximate surface area is 167 Å². The van der Waals surface area contributed by atoms with Crippen molar-refractivity contribution in [2.24, 2.45) is 13.0 Å². The smallest absolute Gasteiger partial charge is 0.332 e. The fourth-order valence-electron chi connectivity index (χ4n) is 3.25. The zero-order valence-corrected chi connectivity index (χ0v) is 17.1. The highest BCUT2D eigenvalue weighted by Crippen LogP contribution is 2.25. The first-order valence-electron chi connectivity index (χ1n) is 9.42. The van der Waals surface area contributed by atoms with Gasteiger partial charge < -0.3 is 9.67 Å². The molecule has 0 amide bonds. The molecule has 3 aromatic rings. The van der Waals surface area contributed by atoms with Gasteiger partial charge in [0.25, 0.3) is 5.56 Å². The van der Waals surface area contributed by atoms with Gasteiger partial charge in [0.1, 0.15) is 5.82 Å². The molecule has 0 aliphatic rings. The second kappa shape index (κ2) is 8.32. The van der Waals surface area contributed by atoms with Gasteiger partial charge in [-0.15, -0.1) is 0 Å². The second-order valence-corrected chi connectivity index (χ2v) is 7.76. The minimum Gasteiger partial charge on any atom is -0.396 e. The van der Waals surface area contributed by atoms with Gasteiger partial charge in [0.15, 0.2) is 11.2 Å². The van der Waals surface area contributed by atoms with Crippen LogP contribution in [-0.2, 0) is 20.1 Å². The van der Waals surface area contributed by atoms with Crippen LogP contribution in [0, 0.1) is 5.92 Å². The molecule has 1 aromatic carbocycles. The quantitative estimate of drug-likeness (QED) is 0.656. The normalized spacial score (nSPS) is 11.6. The summed E-state index contributed by atoms with van der Waals surface area (Å²) in [5, 5.41) is 9.69. The third-order valence-electron chi connectivity index (χ3n) is 4.79. The minimum absolute atomic E-state index is 0.0893. The Bertz CT molecular complexity index is 1110. The van der Waals surface area contributed by atoms with E-state index in [-0.39, 0.29) is 18.7 Å². The van der Waals surface area contributed by atoms with Gasteiger partial charge in [-0.05, 0) is 30.9 Å². The number of halogens is 1. The van der Waals surface area contributed by atoms with Gasteiger partial charge in [-0.3, -0.25) is 13.9 Å². The maximum atomic E-state index is 13.2. The zero-order chi connectivity index (χ0) is 20.4. The van der Waals surface area contributed by atoms with Crippen LogP contribution in [0.3, 0.4) is 0 Å². The van der Waals surface area contributed by atoms with E-state index < -0.39 is 5.69 Å². The monoisotopic (exact) mass is 404 g/mol. The molecule has 0 spiro atoms. The molecule has 0 aliphatic heterocycles. The third kappa shape index (κ3) is 3.77. The number of aryl methyl sites for hydroxylation is 2. The van der Waals surface area contributed by atoms with Crippen molar-refractivity contribution < 1.29 is 5.11 Å². The summed E-state index contributed by atoms with van der Waals surface area (Å²) < 4.78 is 4.46. The highest BCUT2D eigenvalue weighted by atomic mass is 35.5. The number of rotatable bonds is 7. The summed E-state index contributed by atoms with van der Waals surface area (Å²) >= 11 is 6.16. The molecule has 1 N–H and O–H groups in total. The Morgan fingerprint density at radius 2 is 1.93 bits per heavy atom. The highest BCUT2D eigenvalue weighted by Gasteiger charge is 2.21. The summed E-state index contributed by atoms with van der Waals surface area (Å²) in [5.41, 5.74) is 0.735. The van der Waals surface area contributed by atoms with E-state index in [0.29, 0.717) is 40.9 Å². The van der Waals surface area contributed by atoms with E-state index in [1.807, 2.05) is 16.7 Å². The topological polar surface area (TPSA) is 82.1 Å². The molecule has 7 nitrogen and oxygen atoms in total. The molecular formula is C20H25ClN4O3. The fraction of sp³-hybridized carbons (Fsp3) is 0.450. The van der Waals surface area contributed by atoms with Crippen LogP contribution >= 0.6 is 11.6 Å². The Morgan fingerprint density at radius 1 is 1.18 bits per heavy atom. The van der Waals surface area contributed by atoms with E-state index in [9.17, 15) is 9.59 Å². The van der Waals surface area contributed by atoms with Gasteiger partial charge in [-0.2, -0.15) is 0 Å². The SMILES string of the molecule is CC(C)CCn1c(-c2cccc(Cl)c2)nc2c1c(=O)n(CCCO)c(=O)n2C.